The monoisotopic (exact) mass is 194 g/mol. The summed E-state index contributed by atoms with van der Waals surface area (Å²) in [5.41, 5.74) is -0.658. The van der Waals surface area contributed by atoms with Crippen LogP contribution in [0.5, 0.6) is 0 Å². The van der Waals surface area contributed by atoms with Crippen LogP contribution in [0.15, 0.2) is 10.6 Å². The van der Waals surface area contributed by atoms with Crippen molar-refractivity contribution < 1.29 is 9.21 Å². The number of hydrogen-bond donors (Lipinski definition) is 0. The summed E-state index contributed by atoms with van der Waals surface area (Å²) in [7, 11) is 1.92. The maximum Gasteiger partial charge on any atom is 0.222 e. The van der Waals surface area contributed by atoms with E-state index in [0.29, 0.717) is 12.3 Å². The number of likely N-dealkylation sites (tertiary alicyclic amines) is 1. The zero-order valence-electron chi connectivity index (χ0n) is 8.70. The van der Waals surface area contributed by atoms with Crippen molar-refractivity contribution in [2.75, 3.05) is 13.6 Å². The minimum absolute atomic E-state index is 0.182. The van der Waals surface area contributed by atoms with E-state index in [1.165, 1.54) is 0 Å². The average molecular weight is 194 g/mol. The largest absolute Gasteiger partial charge is 0.443 e. The van der Waals surface area contributed by atoms with Gasteiger partial charge in [-0.15, -0.1) is 0 Å². The molecule has 4 nitrogen and oxygen atoms in total. The lowest BCUT2D eigenvalue weighted by atomic mass is 9.98. The van der Waals surface area contributed by atoms with Crippen LogP contribution in [0.4, 0.5) is 0 Å². The Morgan fingerprint density at radius 1 is 1.64 bits per heavy atom. The second kappa shape index (κ2) is 2.92. The Morgan fingerprint density at radius 2 is 2.36 bits per heavy atom. The minimum Gasteiger partial charge on any atom is -0.443 e. The predicted octanol–water partition coefficient (Wildman–Crippen LogP) is 1.10. The Bertz CT molecular complexity index is 372. The molecule has 0 bridgehead atoms. The van der Waals surface area contributed by atoms with Gasteiger partial charge >= 0.3 is 0 Å². The number of oxazole rings is 1. The number of Topliss-reactive ketones (excluding diaryl/α,β-unsaturated/α-hetero) is 1. The van der Waals surface area contributed by atoms with E-state index in [9.17, 15) is 4.79 Å². The van der Waals surface area contributed by atoms with Gasteiger partial charge in [0.1, 0.15) is 5.76 Å². The molecular formula is C10H14N2O2. The zero-order chi connectivity index (χ0) is 10.3. The van der Waals surface area contributed by atoms with Gasteiger partial charge in [0.15, 0.2) is 11.3 Å². The van der Waals surface area contributed by atoms with Gasteiger partial charge in [-0.05, 0) is 20.9 Å². The number of rotatable bonds is 1. The quantitative estimate of drug-likeness (QED) is 0.671. The Hall–Kier alpha value is -1.16. The van der Waals surface area contributed by atoms with Gasteiger partial charge in [-0.25, -0.2) is 4.98 Å². The summed E-state index contributed by atoms with van der Waals surface area (Å²) >= 11 is 0. The first-order valence-corrected chi connectivity index (χ1v) is 4.72. The normalized spacial score (nSPS) is 28.6. The van der Waals surface area contributed by atoms with Gasteiger partial charge in [0, 0.05) is 13.0 Å². The maximum atomic E-state index is 11.8. The van der Waals surface area contributed by atoms with Crippen molar-refractivity contribution >= 4 is 5.78 Å². The lowest BCUT2D eigenvalue weighted by Gasteiger charge is -2.26. The van der Waals surface area contributed by atoms with Crippen LogP contribution in [-0.4, -0.2) is 29.3 Å². The molecule has 1 aromatic heterocycles. The van der Waals surface area contributed by atoms with Gasteiger partial charge in [0.2, 0.25) is 5.89 Å². The third-order valence-corrected chi connectivity index (χ3v) is 3.02. The number of carbonyl (C=O) groups excluding carboxylic acids is 1. The van der Waals surface area contributed by atoms with E-state index in [0.717, 1.165) is 12.3 Å². The summed E-state index contributed by atoms with van der Waals surface area (Å²) in [5.74, 6) is 1.44. The molecule has 1 fully saturated rings. The molecule has 2 rings (SSSR count). The number of aryl methyl sites for hydroxylation is 1. The van der Waals surface area contributed by atoms with Crippen molar-refractivity contribution in [2.24, 2.45) is 0 Å². The molecule has 1 aliphatic rings. The van der Waals surface area contributed by atoms with Gasteiger partial charge in [-0.3, -0.25) is 9.69 Å². The van der Waals surface area contributed by atoms with Gasteiger partial charge in [-0.1, -0.05) is 0 Å². The fourth-order valence-corrected chi connectivity index (χ4v) is 1.81. The van der Waals surface area contributed by atoms with E-state index in [-0.39, 0.29) is 5.78 Å². The highest BCUT2D eigenvalue weighted by Gasteiger charge is 2.47. The molecule has 1 atom stereocenters. The van der Waals surface area contributed by atoms with Crippen molar-refractivity contribution in [3.63, 3.8) is 0 Å². The van der Waals surface area contributed by atoms with Crippen LogP contribution in [-0.2, 0) is 10.3 Å². The fraction of sp³-hybridized carbons (Fsp3) is 0.600. The number of likely N-dealkylation sites (N-methyl/N-ethyl adjacent to an activating group) is 1. The summed E-state index contributed by atoms with van der Waals surface area (Å²) in [6.07, 6.45) is 2.23. The molecule has 0 aliphatic carbocycles. The third-order valence-electron chi connectivity index (χ3n) is 3.02. The van der Waals surface area contributed by atoms with E-state index in [1.807, 2.05) is 25.8 Å². The predicted molar refractivity (Wildman–Crippen MR) is 50.8 cm³/mol. The molecule has 0 radical (unpaired) electrons. The lowest BCUT2D eigenvalue weighted by Crippen LogP contribution is -2.40. The smallest absolute Gasteiger partial charge is 0.222 e. The standard InChI is InChI=1S/C10H14N2O2/c1-7-6-11-9(14-7)10(2)8(13)4-5-12(10)3/h6H,4-5H2,1-3H3. The molecule has 4 heteroatoms. The van der Waals surface area contributed by atoms with E-state index in [1.54, 1.807) is 6.20 Å². The number of hydrogen-bond acceptors (Lipinski definition) is 4. The van der Waals surface area contributed by atoms with Gasteiger partial charge in [-0.2, -0.15) is 0 Å². The molecule has 2 heterocycles. The second-order valence-electron chi connectivity index (χ2n) is 3.94. The third kappa shape index (κ3) is 1.10. The number of carbonyl (C=O) groups is 1. The summed E-state index contributed by atoms with van der Waals surface area (Å²) in [4.78, 5) is 17.9. The molecule has 1 unspecified atom stereocenters. The number of ketones is 1. The van der Waals surface area contributed by atoms with Crippen LogP contribution in [0.25, 0.3) is 0 Å². The fourth-order valence-electron chi connectivity index (χ4n) is 1.81. The average Bonchev–Trinajstić information content (AvgIpc) is 2.67. The molecule has 76 valence electrons. The van der Waals surface area contributed by atoms with E-state index in [4.69, 9.17) is 4.42 Å². The molecular weight excluding hydrogens is 180 g/mol. The van der Waals surface area contributed by atoms with Crippen LogP contribution in [0, 0.1) is 6.92 Å². The summed E-state index contributed by atoms with van der Waals surface area (Å²) in [5, 5.41) is 0. The zero-order valence-corrected chi connectivity index (χ0v) is 8.70. The first kappa shape index (κ1) is 9.40. The van der Waals surface area contributed by atoms with Crippen molar-refractivity contribution in [3.05, 3.63) is 17.8 Å². The molecule has 0 amide bonds. The molecule has 0 spiro atoms. The van der Waals surface area contributed by atoms with Crippen molar-refractivity contribution in [3.8, 4) is 0 Å². The van der Waals surface area contributed by atoms with E-state index < -0.39 is 5.54 Å². The second-order valence-corrected chi connectivity index (χ2v) is 3.94. The summed E-state index contributed by atoms with van der Waals surface area (Å²) in [6, 6.07) is 0. The first-order chi connectivity index (χ1) is 6.55. The SMILES string of the molecule is Cc1cnc(C2(C)C(=O)CCN2C)o1. The number of aromatic nitrogens is 1. The molecule has 14 heavy (non-hydrogen) atoms. The van der Waals surface area contributed by atoms with Crippen LogP contribution >= 0.6 is 0 Å². The molecule has 0 aromatic carbocycles. The molecule has 0 saturated carbocycles. The van der Waals surface area contributed by atoms with Crippen LogP contribution in [0.1, 0.15) is 25.0 Å². The summed E-state index contributed by atoms with van der Waals surface area (Å²) in [6.45, 7) is 4.48. The molecule has 1 saturated heterocycles. The topological polar surface area (TPSA) is 46.3 Å². The van der Waals surface area contributed by atoms with Gasteiger partial charge in [0.25, 0.3) is 0 Å². The number of nitrogens with zero attached hydrogens (tertiary/aromatic N) is 2. The maximum absolute atomic E-state index is 11.8. The minimum atomic E-state index is -0.658. The Balaban J connectivity index is 2.44. The van der Waals surface area contributed by atoms with E-state index in [2.05, 4.69) is 4.98 Å². The molecule has 1 aromatic rings. The summed E-state index contributed by atoms with van der Waals surface area (Å²) < 4.78 is 5.44. The Kier molecular flexibility index (Phi) is 1.96. The lowest BCUT2D eigenvalue weighted by molar-refractivity contribution is -0.125. The van der Waals surface area contributed by atoms with Gasteiger partial charge < -0.3 is 4.42 Å². The Labute approximate surface area is 82.9 Å². The van der Waals surface area contributed by atoms with Crippen LogP contribution in [0.3, 0.4) is 0 Å². The Morgan fingerprint density at radius 3 is 2.79 bits per heavy atom. The van der Waals surface area contributed by atoms with Crippen molar-refractivity contribution in [1.29, 1.82) is 0 Å². The molecule has 1 aliphatic heterocycles. The van der Waals surface area contributed by atoms with E-state index >= 15 is 0 Å². The van der Waals surface area contributed by atoms with Crippen LogP contribution < -0.4 is 0 Å². The van der Waals surface area contributed by atoms with Gasteiger partial charge in [0.05, 0.1) is 6.20 Å². The highest BCUT2D eigenvalue weighted by molar-refractivity contribution is 5.90. The van der Waals surface area contributed by atoms with Crippen molar-refractivity contribution in [2.45, 2.75) is 25.8 Å². The van der Waals surface area contributed by atoms with Crippen molar-refractivity contribution in [1.82, 2.24) is 9.88 Å². The highest BCUT2D eigenvalue weighted by Crippen LogP contribution is 2.33. The molecule has 0 N–H and O–H groups in total. The van der Waals surface area contributed by atoms with Crippen LogP contribution in [0.2, 0.25) is 0 Å². The highest BCUT2D eigenvalue weighted by atomic mass is 16.4. The first-order valence-electron chi connectivity index (χ1n) is 4.72.